The largest absolute Gasteiger partial charge is 0.481 e. The highest BCUT2D eigenvalue weighted by Crippen LogP contribution is 2.29. The summed E-state index contributed by atoms with van der Waals surface area (Å²) in [6.45, 7) is 6.22. The quantitative estimate of drug-likeness (QED) is 0.460. The number of unbranched alkanes of at least 4 members (excludes halogenated alkanes) is 2. The van der Waals surface area contributed by atoms with Crippen LogP contribution in [-0.2, 0) is 24.1 Å². The average Bonchev–Trinajstić information content (AvgIpc) is 3.01. The zero-order valence-corrected chi connectivity index (χ0v) is 17.2. The first-order valence-corrected chi connectivity index (χ1v) is 10.5. The van der Waals surface area contributed by atoms with E-state index in [-0.39, 0.29) is 11.8 Å². The molecule has 0 saturated heterocycles. The Balaban J connectivity index is 1.65. The minimum Gasteiger partial charge on any atom is -0.481 e. The third-order valence-corrected chi connectivity index (χ3v) is 6.11. The molecule has 0 amide bonds. The molecule has 26 heavy (non-hydrogen) atoms. The zero-order valence-electron chi connectivity index (χ0n) is 16.4. The van der Waals surface area contributed by atoms with Gasteiger partial charge in [0.15, 0.2) is 0 Å². The van der Waals surface area contributed by atoms with Gasteiger partial charge in [-0.15, -0.1) is 11.3 Å². The molecule has 0 fully saturated rings. The summed E-state index contributed by atoms with van der Waals surface area (Å²) in [6, 6.07) is 13.4. The van der Waals surface area contributed by atoms with Crippen LogP contribution in [0.5, 0.6) is 0 Å². The molecule has 3 heteroatoms. The molecule has 0 aliphatic carbocycles. The van der Waals surface area contributed by atoms with Gasteiger partial charge in [0.05, 0.1) is 6.42 Å². The van der Waals surface area contributed by atoms with Crippen LogP contribution in [0.15, 0.2) is 36.4 Å². The van der Waals surface area contributed by atoms with Crippen molar-refractivity contribution in [2.45, 2.75) is 72.1 Å². The molecular formula is C23H32O2S. The second-order valence-corrected chi connectivity index (χ2v) is 9.40. The number of carbonyl (C=O) groups is 1. The van der Waals surface area contributed by atoms with Crippen LogP contribution in [0.1, 0.15) is 66.8 Å². The van der Waals surface area contributed by atoms with Gasteiger partial charge in [0.1, 0.15) is 0 Å². The summed E-state index contributed by atoms with van der Waals surface area (Å²) in [4.78, 5) is 13.8. The van der Waals surface area contributed by atoms with E-state index in [1.807, 2.05) is 25.2 Å². The van der Waals surface area contributed by atoms with Gasteiger partial charge in [-0.1, -0.05) is 50.1 Å². The van der Waals surface area contributed by atoms with Gasteiger partial charge in [0, 0.05) is 9.75 Å². The first kappa shape index (κ1) is 20.7. The Morgan fingerprint density at radius 3 is 2.19 bits per heavy atom. The van der Waals surface area contributed by atoms with E-state index in [0.717, 1.165) is 19.3 Å². The molecule has 2 aromatic rings. The number of hydrogen-bond acceptors (Lipinski definition) is 2. The zero-order chi connectivity index (χ0) is 19.0. The second-order valence-electron chi connectivity index (χ2n) is 8.15. The van der Waals surface area contributed by atoms with Crippen LogP contribution >= 0.6 is 11.3 Å². The lowest BCUT2D eigenvalue weighted by atomic mass is 9.84. The molecular weight excluding hydrogens is 340 g/mol. The number of aliphatic carboxylic acids is 1. The molecule has 1 aromatic heterocycles. The number of carboxylic acids is 1. The van der Waals surface area contributed by atoms with Gasteiger partial charge in [-0.3, -0.25) is 4.79 Å². The van der Waals surface area contributed by atoms with Crippen LogP contribution < -0.4 is 0 Å². The van der Waals surface area contributed by atoms with E-state index in [1.165, 1.54) is 46.6 Å². The summed E-state index contributed by atoms with van der Waals surface area (Å²) in [5.41, 5.74) is 2.64. The fourth-order valence-corrected chi connectivity index (χ4v) is 4.27. The highest BCUT2D eigenvalue weighted by atomic mass is 32.1. The van der Waals surface area contributed by atoms with E-state index in [9.17, 15) is 4.79 Å². The Hall–Kier alpha value is -1.61. The van der Waals surface area contributed by atoms with Crippen molar-refractivity contribution in [3.63, 3.8) is 0 Å². The molecule has 1 aromatic carbocycles. The lowest BCUT2D eigenvalue weighted by Crippen LogP contribution is -2.17. The summed E-state index contributed by atoms with van der Waals surface area (Å²) in [5.74, 6) is -0.701. The molecule has 0 bridgehead atoms. The van der Waals surface area contributed by atoms with Crippen molar-refractivity contribution >= 4 is 17.3 Å². The molecule has 0 atom stereocenters. The SMILES string of the molecule is Cc1ccc(CCCCCc2ccc(CCC(C)(C)CC(=O)O)s2)cc1. The molecule has 1 heterocycles. The molecule has 0 radical (unpaired) electrons. The van der Waals surface area contributed by atoms with Gasteiger partial charge in [0.2, 0.25) is 0 Å². The molecule has 0 aliphatic rings. The number of hydrogen-bond donors (Lipinski definition) is 1. The third-order valence-electron chi connectivity index (χ3n) is 4.90. The fraction of sp³-hybridized carbons (Fsp3) is 0.522. The van der Waals surface area contributed by atoms with Crippen molar-refractivity contribution < 1.29 is 9.90 Å². The fourth-order valence-electron chi connectivity index (χ4n) is 3.21. The molecule has 0 unspecified atom stereocenters. The van der Waals surface area contributed by atoms with E-state index in [4.69, 9.17) is 5.11 Å². The number of carboxylic acid groups (broad SMARTS) is 1. The standard InChI is InChI=1S/C23H32O2S/c1-18-9-11-19(12-10-18)7-5-4-6-8-20-13-14-21(26-20)15-16-23(2,3)17-22(24)25/h9-14H,4-8,15-17H2,1-3H3,(H,24,25). The number of aryl methyl sites for hydroxylation is 4. The smallest absolute Gasteiger partial charge is 0.303 e. The average molecular weight is 373 g/mol. The van der Waals surface area contributed by atoms with Crippen molar-refractivity contribution in [2.24, 2.45) is 5.41 Å². The number of thiophene rings is 1. The van der Waals surface area contributed by atoms with E-state index < -0.39 is 5.97 Å². The summed E-state index contributed by atoms with van der Waals surface area (Å²) < 4.78 is 0. The summed E-state index contributed by atoms with van der Waals surface area (Å²) >= 11 is 1.90. The summed E-state index contributed by atoms with van der Waals surface area (Å²) in [7, 11) is 0. The maximum atomic E-state index is 10.9. The Bertz CT molecular complexity index is 682. The minimum atomic E-state index is -0.701. The van der Waals surface area contributed by atoms with Gasteiger partial charge in [0.25, 0.3) is 0 Å². The summed E-state index contributed by atoms with van der Waals surface area (Å²) in [6.07, 6.45) is 8.26. The Kier molecular flexibility index (Phi) is 7.89. The van der Waals surface area contributed by atoms with Crippen molar-refractivity contribution in [3.8, 4) is 0 Å². The van der Waals surface area contributed by atoms with Crippen LogP contribution in [0.2, 0.25) is 0 Å². The van der Waals surface area contributed by atoms with Crippen LogP contribution in [0.3, 0.4) is 0 Å². The maximum absolute atomic E-state index is 10.9. The van der Waals surface area contributed by atoms with Crippen LogP contribution in [0.4, 0.5) is 0 Å². The van der Waals surface area contributed by atoms with E-state index in [2.05, 4.69) is 43.3 Å². The van der Waals surface area contributed by atoms with E-state index in [0.29, 0.717) is 0 Å². The van der Waals surface area contributed by atoms with Crippen LogP contribution in [0.25, 0.3) is 0 Å². The van der Waals surface area contributed by atoms with Crippen LogP contribution in [-0.4, -0.2) is 11.1 Å². The van der Waals surface area contributed by atoms with Gasteiger partial charge < -0.3 is 5.11 Å². The number of rotatable bonds is 11. The monoisotopic (exact) mass is 372 g/mol. The van der Waals surface area contributed by atoms with Crippen molar-refractivity contribution in [2.75, 3.05) is 0 Å². The second kappa shape index (κ2) is 9.91. The van der Waals surface area contributed by atoms with Gasteiger partial charge in [-0.25, -0.2) is 0 Å². The molecule has 142 valence electrons. The lowest BCUT2D eigenvalue weighted by molar-refractivity contribution is -0.139. The normalized spacial score (nSPS) is 11.7. The molecule has 2 nitrogen and oxygen atoms in total. The Morgan fingerprint density at radius 2 is 1.54 bits per heavy atom. The van der Waals surface area contributed by atoms with Gasteiger partial charge >= 0.3 is 5.97 Å². The molecule has 0 aliphatic heterocycles. The predicted octanol–water partition coefficient (Wildman–Crippen LogP) is 6.45. The molecule has 1 N–H and O–H groups in total. The predicted molar refractivity (Wildman–Crippen MR) is 111 cm³/mol. The molecule has 0 spiro atoms. The van der Waals surface area contributed by atoms with Crippen LogP contribution in [0, 0.1) is 12.3 Å². The van der Waals surface area contributed by atoms with Gasteiger partial charge in [-0.2, -0.15) is 0 Å². The van der Waals surface area contributed by atoms with Crippen molar-refractivity contribution in [1.82, 2.24) is 0 Å². The first-order valence-electron chi connectivity index (χ1n) is 9.69. The minimum absolute atomic E-state index is 0.133. The Morgan fingerprint density at radius 1 is 0.923 bits per heavy atom. The highest BCUT2D eigenvalue weighted by molar-refractivity contribution is 7.11. The topological polar surface area (TPSA) is 37.3 Å². The van der Waals surface area contributed by atoms with E-state index in [1.54, 1.807) is 0 Å². The molecule has 2 rings (SSSR count). The highest BCUT2D eigenvalue weighted by Gasteiger charge is 2.21. The van der Waals surface area contributed by atoms with Crippen molar-refractivity contribution in [3.05, 3.63) is 57.3 Å². The third kappa shape index (κ3) is 7.74. The number of benzene rings is 1. The maximum Gasteiger partial charge on any atom is 0.303 e. The van der Waals surface area contributed by atoms with Crippen molar-refractivity contribution in [1.29, 1.82) is 0 Å². The first-order chi connectivity index (χ1) is 12.3. The lowest BCUT2D eigenvalue weighted by Gasteiger charge is -2.21. The van der Waals surface area contributed by atoms with Gasteiger partial charge in [-0.05, 0) is 68.6 Å². The molecule has 0 saturated carbocycles. The Labute approximate surface area is 162 Å². The van der Waals surface area contributed by atoms with E-state index >= 15 is 0 Å². The summed E-state index contributed by atoms with van der Waals surface area (Å²) in [5, 5.41) is 8.98.